The summed E-state index contributed by atoms with van der Waals surface area (Å²) in [6.45, 7) is 1.20. The maximum atomic E-state index is 12.5. The lowest BCUT2D eigenvalue weighted by atomic mass is 9.92. The van der Waals surface area contributed by atoms with Gasteiger partial charge in [-0.2, -0.15) is 0 Å². The molecule has 0 unspecified atom stereocenters. The van der Waals surface area contributed by atoms with Gasteiger partial charge in [0.05, 0.1) is 18.1 Å². The van der Waals surface area contributed by atoms with Gasteiger partial charge in [0.15, 0.2) is 0 Å². The van der Waals surface area contributed by atoms with E-state index in [4.69, 9.17) is 9.47 Å². The molecule has 3 rings (SSSR count). The van der Waals surface area contributed by atoms with E-state index in [1.165, 1.54) is 6.08 Å². The van der Waals surface area contributed by atoms with Gasteiger partial charge in [-0.15, -0.1) is 0 Å². The van der Waals surface area contributed by atoms with E-state index in [0.717, 1.165) is 10.8 Å². The van der Waals surface area contributed by atoms with Crippen molar-refractivity contribution in [2.75, 3.05) is 13.2 Å². The molecule has 0 heterocycles. The Hall–Kier alpha value is -4.00. The number of nitro groups is 1. The summed E-state index contributed by atoms with van der Waals surface area (Å²) in [4.78, 5) is 35.9. The number of esters is 2. The highest BCUT2D eigenvalue weighted by atomic mass is 16.6. The Kier molecular flexibility index (Phi) is 7.11. The molecule has 0 spiro atoms. The molecular formula is C24H21NO6. The van der Waals surface area contributed by atoms with E-state index < -0.39 is 29.3 Å². The fraction of sp³-hybridized carbons (Fsp3) is 0.167. The van der Waals surface area contributed by atoms with E-state index in [1.54, 1.807) is 49.4 Å². The molecule has 0 fully saturated rings. The van der Waals surface area contributed by atoms with Crippen LogP contribution in [0.5, 0.6) is 0 Å². The molecular weight excluding hydrogens is 398 g/mol. The third-order valence-corrected chi connectivity index (χ3v) is 4.61. The second kappa shape index (κ2) is 10.2. The Morgan fingerprint density at radius 1 is 1.00 bits per heavy atom. The highest BCUT2D eigenvalue weighted by Crippen LogP contribution is 2.28. The van der Waals surface area contributed by atoms with Gasteiger partial charge < -0.3 is 9.47 Å². The number of ether oxygens (including phenoxy) is 2. The minimum atomic E-state index is -0.861. The first-order chi connectivity index (χ1) is 15.0. The van der Waals surface area contributed by atoms with Crippen LogP contribution >= 0.6 is 0 Å². The van der Waals surface area contributed by atoms with Gasteiger partial charge >= 0.3 is 11.9 Å². The summed E-state index contributed by atoms with van der Waals surface area (Å²) in [5.74, 6) is -2.81. The largest absolute Gasteiger partial charge is 0.460 e. The molecule has 0 amide bonds. The minimum Gasteiger partial charge on any atom is -0.460 e. The van der Waals surface area contributed by atoms with E-state index in [-0.39, 0.29) is 17.9 Å². The van der Waals surface area contributed by atoms with Crippen LogP contribution in [0.2, 0.25) is 0 Å². The molecule has 7 nitrogen and oxygen atoms in total. The SMILES string of the molecule is CCOC(=O)/C(=C/[C@@H](C[N+](=O)[O-])c1cccc2ccccc12)OC(=O)c1ccccc1. The van der Waals surface area contributed by atoms with Crippen molar-refractivity contribution in [3.63, 3.8) is 0 Å². The number of hydrogen-bond donors (Lipinski definition) is 0. The molecule has 0 saturated heterocycles. The van der Waals surface area contributed by atoms with Crippen LogP contribution in [0.25, 0.3) is 10.8 Å². The summed E-state index contributed by atoms with van der Waals surface area (Å²) in [5.41, 5.74) is 0.890. The molecule has 0 aromatic heterocycles. The Morgan fingerprint density at radius 2 is 1.68 bits per heavy atom. The van der Waals surface area contributed by atoms with Crippen LogP contribution < -0.4 is 0 Å². The van der Waals surface area contributed by atoms with Gasteiger partial charge in [0.2, 0.25) is 12.3 Å². The standard InChI is InChI=1S/C24H21NO6/c1-2-30-24(27)22(31-23(26)18-10-4-3-5-11-18)15-19(16-25(28)29)21-14-8-12-17-9-6-7-13-20(17)21/h3-15,19H,2,16H2,1H3/b22-15-/t19-/m0/s1. The van der Waals surface area contributed by atoms with Gasteiger partial charge in [-0.1, -0.05) is 60.7 Å². The highest BCUT2D eigenvalue weighted by molar-refractivity contribution is 5.95. The monoisotopic (exact) mass is 419 g/mol. The fourth-order valence-electron chi connectivity index (χ4n) is 3.24. The topological polar surface area (TPSA) is 95.7 Å². The van der Waals surface area contributed by atoms with Crippen LogP contribution in [0.15, 0.2) is 84.6 Å². The van der Waals surface area contributed by atoms with E-state index in [0.29, 0.717) is 5.56 Å². The second-order valence-electron chi connectivity index (χ2n) is 6.70. The van der Waals surface area contributed by atoms with Crippen molar-refractivity contribution >= 4 is 22.7 Å². The third-order valence-electron chi connectivity index (χ3n) is 4.61. The third kappa shape index (κ3) is 5.54. The lowest BCUT2D eigenvalue weighted by molar-refractivity contribution is -0.481. The van der Waals surface area contributed by atoms with Crippen LogP contribution in [0.3, 0.4) is 0 Å². The first-order valence-corrected chi connectivity index (χ1v) is 9.75. The number of nitrogens with zero attached hydrogens (tertiary/aromatic N) is 1. The molecule has 1 atom stereocenters. The van der Waals surface area contributed by atoms with Gasteiger partial charge in [-0.25, -0.2) is 9.59 Å². The lowest BCUT2D eigenvalue weighted by Gasteiger charge is -2.15. The van der Waals surface area contributed by atoms with E-state index >= 15 is 0 Å². The molecule has 3 aromatic rings. The normalized spacial score (nSPS) is 12.2. The smallest absolute Gasteiger partial charge is 0.374 e. The molecule has 0 radical (unpaired) electrons. The predicted octanol–water partition coefficient (Wildman–Crippen LogP) is 4.50. The highest BCUT2D eigenvalue weighted by Gasteiger charge is 2.25. The zero-order valence-corrected chi connectivity index (χ0v) is 16.9. The van der Waals surface area contributed by atoms with Crippen LogP contribution in [-0.2, 0) is 14.3 Å². The van der Waals surface area contributed by atoms with Crippen molar-refractivity contribution in [2.45, 2.75) is 12.8 Å². The first kappa shape index (κ1) is 21.7. The summed E-state index contributed by atoms with van der Waals surface area (Å²) in [6, 6.07) is 21.1. The van der Waals surface area contributed by atoms with Gasteiger partial charge in [-0.3, -0.25) is 10.1 Å². The minimum absolute atomic E-state index is 0.0627. The lowest BCUT2D eigenvalue weighted by Crippen LogP contribution is -2.18. The average molecular weight is 419 g/mol. The van der Waals surface area contributed by atoms with E-state index in [1.807, 2.05) is 30.3 Å². The zero-order chi connectivity index (χ0) is 22.2. The van der Waals surface area contributed by atoms with Crippen molar-refractivity contribution < 1.29 is 24.0 Å². The summed E-state index contributed by atoms with van der Waals surface area (Å²) in [5, 5.41) is 13.1. The number of benzene rings is 3. The van der Waals surface area contributed by atoms with Crippen molar-refractivity contribution in [1.29, 1.82) is 0 Å². The Bertz CT molecular complexity index is 1120. The van der Waals surface area contributed by atoms with E-state index in [9.17, 15) is 19.7 Å². The molecule has 0 N–H and O–H groups in total. The molecule has 158 valence electrons. The van der Waals surface area contributed by atoms with Gasteiger partial charge in [0.25, 0.3) is 0 Å². The Morgan fingerprint density at radius 3 is 2.39 bits per heavy atom. The predicted molar refractivity (Wildman–Crippen MR) is 115 cm³/mol. The van der Waals surface area contributed by atoms with Crippen molar-refractivity contribution in [2.24, 2.45) is 0 Å². The summed E-state index contributed by atoms with van der Waals surface area (Å²) < 4.78 is 10.3. The quantitative estimate of drug-likeness (QED) is 0.175. The second-order valence-corrected chi connectivity index (χ2v) is 6.70. The first-order valence-electron chi connectivity index (χ1n) is 9.75. The number of rotatable bonds is 8. The summed E-state index contributed by atoms with van der Waals surface area (Å²) in [7, 11) is 0. The van der Waals surface area contributed by atoms with Crippen molar-refractivity contribution in [1.82, 2.24) is 0 Å². The Balaban J connectivity index is 2.05. The molecule has 3 aromatic carbocycles. The number of hydrogen-bond acceptors (Lipinski definition) is 6. The van der Waals surface area contributed by atoms with Gasteiger partial charge in [-0.05, 0) is 41.5 Å². The number of carbonyl (C=O) groups is 2. The number of fused-ring (bicyclic) bond motifs is 1. The molecule has 0 saturated carbocycles. The van der Waals surface area contributed by atoms with E-state index in [2.05, 4.69) is 0 Å². The molecule has 0 aliphatic rings. The van der Waals surface area contributed by atoms with Crippen molar-refractivity contribution in [3.8, 4) is 0 Å². The van der Waals surface area contributed by atoms with Gasteiger partial charge in [0, 0.05) is 4.92 Å². The maximum absolute atomic E-state index is 12.5. The summed E-state index contributed by atoms with van der Waals surface area (Å²) in [6.07, 6.45) is 1.30. The maximum Gasteiger partial charge on any atom is 0.374 e. The fourth-order valence-corrected chi connectivity index (χ4v) is 3.24. The van der Waals surface area contributed by atoms with Crippen molar-refractivity contribution in [3.05, 3.63) is 106 Å². The zero-order valence-electron chi connectivity index (χ0n) is 16.9. The van der Waals surface area contributed by atoms with Crippen LogP contribution in [0.1, 0.15) is 28.8 Å². The molecule has 0 aliphatic carbocycles. The van der Waals surface area contributed by atoms with Crippen LogP contribution in [0, 0.1) is 10.1 Å². The Labute approximate surface area is 179 Å². The molecule has 7 heteroatoms. The van der Waals surface area contributed by atoms with Crippen LogP contribution in [0.4, 0.5) is 0 Å². The average Bonchev–Trinajstić information content (AvgIpc) is 2.78. The molecule has 0 aliphatic heterocycles. The number of carbonyl (C=O) groups excluding carboxylic acids is 2. The molecule has 31 heavy (non-hydrogen) atoms. The van der Waals surface area contributed by atoms with Crippen LogP contribution in [-0.4, -0.2) is 30.0 Å². The van der Waals surface area contributed by atoms with Gasteiger partial charge in [0.1, 0.15) is 0 Å². The summed E-state index contributed by atoms with van der Waals surface area (Å²) >= 11 is 0. The molecule has 0 bridgehead atoms.